The summed E-state index contributed by atoms with van der Waals surface area (Å²) in [6.45, 7) is 0.147. The van der Waals surface area contributed by atoms with Gasteiger partial charge in [0.2, 0.25) is 5.95 Å². The monoisotopic (exact) mass is 273 g/mol. The molecular weight excluding hydrogens is 261 g/mol. The van der Waals surface area contributed by atoms with E-state index in [9.17, 15) is 9.18 Å². The highest BCUT2D eigenvalue weighted by atomic mass is 19.1. The Balaban J connectivity index is 2.19. The maximum atomic E-state index is 13.7. The summed E-state index contributed by atoms with van der Waals surface area (Å²) in [6, 6.07) is 4.03. The molecule has 0 atom stereocenters. The SMILES string of the molecule is Cn1ncnc1NC(=O)c1ccc(C#CCN)c(F)c1. The standard InChI is InChI=1S/C13H12FN5O/c1-19-13(16-8-17-19)18-12(20)10-5-4-9(3-2-6-15)11(14)7-10/h4-5,7-8H,6,15H2,1H3,(H,16,17,18,20). The highest BCUT2D eigenvalue weighted by Crippen LogP contribution is 2.11. The summed E-state index contributed by atoms with van der Waals surface area (Å²) in [5.41, 5.74) is 5.59. The summed E-state index contributed by atoms with van der Waals surface area (Å²) in [6.07, 6.45) is 1.31. The zero-order chi connectivity index (χ0) is 14.5. The van der Waals surface area contributed by atoms with Crippen molar-refractivity contribution in [2.75, 3.05) is 11.9 Å². The van der Waals surface area contributed by atoms with E-state index < -0.39 is 11.7 Å². The lowest BCUT2D eigenvalue weighted by Crippen LogP contribution is -2.15. The smallest absolute Gasteiger partial charge is 0.258 e. The maximum absolute atomic E-state index is 13.7. The molecule has 1 aromatic heterocycles. The normalized spacial score (nSPS) is 9.75. The Bertz CT molecular complexity index is 698. The molecule has 7 heteroatoms. The lowest BCUT2D eigenvalue weighted by molar-refractivity contribution is 0.102. The van der Waals surface area contributed by atoms with Crippen LogP contribution in [0.4, 0.5) is 10.3 Å². The van der Waals surface area contributed by atoms with Gasteiger partial charge in [0.25, 0.3) is 5.91 Å². The van der Waals surface area contributed by atoms with Gasteiger partial charge >= 0.3 is 0 Å². The Morgan fingerprint density at radius 3 is 2.95 bits per heavy atom. The quantitative estimate of drug-likeness (QED) is 0.781. The largest absolute Gasteiger partial charge is 0.320 e. The van der Waals surface area contributed by atoms with E-state index in [1.54, 1.807) is 7.05 Å². The second-order valence-electron chi connectivity index (χ2n) is 3.86. The zero-order valence-corrected chi connectivity index (χ0v) is 10.7. The van der Waals surface area contributed by atoms with E-state index in [1.165, 1.54) is 23.1 Å². The third kappa shape index (κ3) is 2.99. The Hall–Kier alpha value is -2.72. The fraction of sp³-hybridized carbons (Fsp3) is 0.154. The van der Waals surface area contributed by atoms with Crippen molar-refractivity contribution >= 4 is 11.9 Å². The number of amides is 1. The number of benzene rings is 1. The molecule has 0 saturated carbocycles. The van der Waals surface area contributed by atoms with Gasteiger partial charge in [0.05, 0.1) is 12.1 Å². The molecule has 1 heterocycles. The van der Waals surface area contributed by atoms with Crippen molar-refractivity contribution in [3.8, 4) is 11.8 Å². The second-order valence-corrected chi connectivity index (χ2v) is 3.86. The minimum absolute atomic E-state index is 0.147. The fourth-order valence-electron chi connectivity index (χ4n) is 1.49. The van der Waals surface area contributed by atoms with Gasteiger partial charge in [-0.2, -0.15) is 10.1 Å². The number of hydrogen-bond donors (Lipinski definition) is 2. The Kier molecular flexibility index (Phi) is 4.08. The van der Waals surface area contributed by atoms with E-state index in [1.807, 2.05) is 0 Å². The van der Waals surface area contributed by atoms with Crippen LogP contribution in [-0.4, -0.2) is 27.2 Å². The van der Waals surface area contributed by atoms with E-state index in [0.29, 0.717) is 0 Å². The molecule has 0 aliphatic carbocycles. The number of hydrogen-bond acceptors (Lipinski definition) is 4. The van der Waals surface area contributed by atoms with Crippen molar-refractivity contribution < 1.29 is 9.18 Å². The molecule has 1 aromatic carbocycles. The van der Waals surface area contributed by atoms with E-state index >= 15 is 0 Å². The molecule has 0 unspecified atom stereocenters. The highest BCUT2D eigenvalue weighted by Gasteiger charge is 2.11. The summed E-state index contributed by atoms with van der Waals surface area (Å²) in [7, 11) is 1.63. The van der Waals surface area contributed by atoms with Gasteiger partial charge in [-0.15, -0.1) is 0 Å². The first-order valence-corrected chi connectivity index (χ1v) is 5.75. The molecule has 0 aliphatic heterocycles. The van der Waals surface area contributed by atoms with E-state index in [-0.39, 0.29) is 23.6 Å². The number of carbonyl (C=O) groups is 1. The first-order chi connectivity index (χ1) is 9.61. The number of nitrogens with zero attached hydrogens (tertiary/aromatic N) is 3. The number of aryl methyl sites for hydroxylation is 1. The zero-order valence-electron chi connectivity index (χ0n) is 10.7. The summed E-state index contributed by atoms with van der Waals surface area (Å²) in [5.74, 6) is 4.37. The molecule has 0 aliphatic rings. The number of nitrogens with two attached hydrogens (primary N) is 1. The van der Waals surface area contributed by atoms with Crippen LogP contribution in [-0.2, 0) is 7.05 Å². The van der Waals surface area contributed by atoms with Crippen LogP contribution in [0, 0.1) is 17.7 Å². The number of aromatic nitrogens is 3. The summed E-state index contributed by atoms with van der Waals surface area (Å²) >= 11 is 0. The van der Waals surface area contributed by atoms with Crippen LogP contribution in [0.2, 0.25) is 0 Å². The Morgan fingerprint density at radius 1 is 1.55 bits per heavy atom. The molecular formula is C13H12FN5O. The first-order valence-electron chi connectivity index (χ1n) is 5.75. The van der Waals surface area contributed by atoms with Crippen LogP contribution in [0.3, 0.4) is 0 Å². The van der Waals surface area contributed by atoms with Gasteiger partial charge in [-0.3, -0.25) is 10.1 Å². The van der Waals surface area contributed by atoms with Crippen LogP contribution < -0.4 is 11.1 Å². The third-order valence-corrected chi connectivity index (χ3v) is 2.49. The molecule has 6 nitrogen and oxygen atoms in total. The summed E-state index contributed by atoms with van der Waals surface area (Å²) in [5, 5.41) is 6.34. The lowest BCUT2D eigenvalue weighted by Gasteiger charge is -2.04. The summed E-state index contributed by atoms with van der Waals surface area (Å²) in [4.78, 5) is 15.8. The van der Waals surface area contributed by atoms with Crippen LogP contribution in [0.15, 0.2) is 24.5 Å². The number of rotatable bonds is 2. The van der Waals surface area contributed by atoms with Gasteiger partial charge in [-0.25, -0.2) is 9.07 Å². The van der Waals surface area contributed by atoms with Gasteiger partial charge < -0.3 is 5.73 Å². The number of halogens is 1. The van der Waals surface area contributed by atoms with Crippen LogP contribution in [0.25, 0.3) is 0 Å². The first kappa shape index (κ1) is 13.7. The number of nitrogens with one attached hydrogen (secondary N) is 1. The molecule has 2 aromatic rings. The molecule has 0 radical (unpaired) electrons. The highest BCUT2D eigenvalue weighted by molar-refractivity contribution is 6.03. The minimum atomic E-state index is -0.573. The van der Waals surface area contributed by atoms with E-state index in [4.69, 9.17) is 5.73 Å². The van der Waals surface area contributed by atoms with E-state index in [2.05, 4.69) is 27.2 Å². The van der Waals surface area contributed by atoms with Gasteiger partial charge in [-0.1, -0.05) is 11.8 Å². The molecule has 0 saturated heterocycles. The molecule has 3 N–H and O–H groups in total. The molecule has 102 valence electrons. The van der Waals surface area contributed by atoms with Crippen molar-refractivity contribution in [2.45, 2.75) is 0 Å². The van der Waals surface area contributed by atoms with Gasteiger partial charge in [0.15, 0.2) is 0 Å². The van der Waals surface area contributed by atoms with Crippen molar-refractivity contribution in [3.05, 3.63) is 41.5 Å². The molecule has 20 heavy (non-hydrogen) atoms. The van der Waals surface area contributed by atoms with Crippen LogP contribution >= 0.6 is 0 Å². The van der Waals surface area contributed by atoms with Crippen molar-refractivity contribution in [1.29, 1.82) is 0 Å². The molecule has 0 spiro atoms. The third-order valence-electron chi connectivity index (χ3n) is 2.49. The van der Waals surface area contributed by atoms with Crippen LogP contribution in [0.1, 0.15) is 15.9 Å². The Labute approximate surface area is 114 Å². The molecule has 0 bridgehead atoms. The number of anilines is 1. The average Bonchev–Trinajstić information content (AvgIpc) is 2.83. The number of carbonyl (C=O) groups excluding carboxylic acids is 1. The Morgan fingerprint density at radius 2 is 2.35 bits per heavy atom. The predicted octanol–water partition coefficient (Wildman–Crippen LogP) is 0.517. The van der Waals surface area contributed by atoms with Crippen molar-refractivity contribution in [3.63, 3.8) is 0 Å². The predicted molar refractivity (Wildman–Crippen MR) is 71.3 cm³/mol. The lowest BCUT2D eigenvalue weighted by atomic mass is 10.1. The minimum Gasteiger partial charge on any atom is -0.320 e. The topological polar surface area (TPSA) is 85.8 Å². The van der Waals surface area contributed by atoms with E-state index in [0.717, 1.165) is 6.07 Å². The summed E-state index contributed by atoms with van der Waals surface area (Å²) < 4.78 is 15.1. The molecule has 0 fully saturated rings. The van der Waals surface area contributed by atoms with Gasteiger partial charge in [0, 0.05) is 12.6 Å². The fourth-order valence-corrected chi connectivity index (χ4v) is 1.49. The van der Waals surface area contributed by atoms with Crippen molar-refractivity contribution in [1.82, 2.24) is 14.8 Å². The molecule has 2 rings (SSSR count). The van der Waals surface area contributed by atoms with Gasteiger partial charge in [-0.05, 0) is 18.2 Å². The van der Waals surface area contributed by atoms with Crippen molar-refractivity contribution in [2.24, 2.45) is 12.8 Å². The maximum Gasteiger partial charge on any atom is 0.258 e. The van der Waals surface area contributed by atoms with Gasteiger partial charge in [0.1, 0.15) is 12.1 Å². The second kappa shape index (κ2) is 5.95. The average molecular weight is 273 g/mol. The van der Waals surface area contributed by atoms with Crippen LogP contribution in [0.5, 0.6) is 0 Å². The molecule has 1 amide bonds.